The van der Waals surface area contributed by atoms with Crippen LogP contribution in [0.25, 0.3) is 0 Å². The van der Waals surface area contributed by atoms with Gasteiger partial charge in [-0.3, -0.25) is 9.36 Å². The predicted molar refractivity (Wildman–Crippen MR) is 76.5 cm³/mol. The standard InChI is InChI=1S/C14H21O5P/c1-12(9-10-20(16,17-2)18-3)14(15)19-11-13-7-5-4-6-8-13/h4-8,12H,9-11H2,1-3H3/t12-/m0/s1. The molecule has 0 saturated heterocycles. The molecule has 0 aromatic heterocycles. The maximum absolute atomic E-state index is 11.9. The van der Waals surface area contributed by atoms with Gasteiger partial charge in [-0.25, -0.2) is 0 Å². The summed E-state index contributed by atoms with van der Waals surface area (Å²) in [5.74, 6) is -0.662. The van der Waals surface area contributed by atoms with E-state index in [-0.39, 0.29) is 24.7 Å². The molecule has 0 amide bonds. The molecule has 0 fully saturated rings. The molecular formula is C14H21O5P. The zero-order valence-corrected chi connectivity index (χ0v) is 13.0. The minimum atomic E-state index is -3.06. The van der Waals surface area contributed by atoms with Gasteiger partial charge in [0.2, 0.25) is 0 Å². The van der Waals surface area contributed by atoms with Crippen molar-refractivity contribution in [2.24, 2.45) is 5.92 Å². The molecule has 1 atom stereocenters. The molecule has 0 bridgehead atoms. The monoisotopic (exact) mass is 300 g/mol. The SMILES string of the molecule is COP(=O)(CC[C@H](C)C(=O)OCc1ccccc1)OC. The maximum atomic E-state index is 11.9. The van der Waals surface area contributed by atoms with Crippen LogP contribution in [0.3, 0.4) is 0 Å². The van der Waals surface area contributed by atoms with E-state index < -0.39 is 7.60 Å². The summed E-state index contributed by atoms with van der Waals surface area (Å²) in [5, 5.41) is 0. The lowest BCUT2D eigenvalue weighted by Gasteiger charge is -2.16. The molecule has 1 rings (SSSR count). The fourth-order valence-electron chi connectivity index (χ4n) is 1.60. The molecule has 0 aliphatic heterocycles. The molecule has 1 aromatic rings. The lowest BCUT2D eigenvalue weighted by Crippen LogP contribution is -2.16. The molecule has 0 unspecified atom stereocenters. The van der Waals surface area contributed by atoms with Crippen LogP contribution in [0.4, 0.5) is 0 Å². The normalized spacial score (nSPS) is 12.9. The van der Waals surface area contributed by atoms with Crippen molar-refractivity contribution in [1.82, 2.24) is 0 Å². The average Bonchev–Trinajstić information content (AvgIpc) is 2.50. The van der Waals surface area contributed by atoms with Crippen LogP contribution in [0.5, 0.6) is 0 Å². The van der Waals surface area contributed by atoms with Crippen molar-refractivity contribution in [3.8, 4) is 0 Å². The Hall–Kier alpha value is -1.16. The maximum Gasteiger partial charge on any atom is 0.330 e. The Morgan fingerprint density at radius 1 is 1.20 bits per heavy atom. The Bertz CT molecular complexity index is 452. The number of carbonyl (C=O) groups is 1. The van der Waals surface area contributed by atoms with Gasteiger partial charge in [0.25, 0.3) is 0 Å². The molecule has 112 valence electrons. The Balaban J connectivity index is 2.38. The summed E-state index contributed by atoms with van der Waals surface area (Å²) in [5.41, 5.74) is 0.938. The second-order valence-corrected chi connectivity index (χ2v) is 6.88. The van der Waals surface area contributed by atoms with Crippen molar-refractivity contribution in [2.45, 2.75) is 20.0 Å². The molecule has 0 aliphatic rings. The van der Waals surface area contributed by atoms with Crippen molar-refractivity contribution < 1.29 is 23.1 Å². The van der Waals surface area contributed by atoms with E-state index in [2.05, 4.69) is 0 Å². The second-order valence-electron chi connectivity index (χ2n) is 4.48. The van der Waals surface area contributed by atoms with E-state index in [4.69, 9.17) is 13.8 Å². The van der Waals surface area contributed by atoms with Crippen LogP contribution in [0.1, 0.15) is 18.9 Å². The first-order valence-electron chi connectivity index (χ1n) is 6.42. The molecule has 5 nitrogen and oxygen atoms in total. The van der Waals surface area contributed by atoms with E-state index >= 15 is 0 Å². The van der Waals surface area contributed by atoms with Crippen molar-refractivity contribution in [1.29, 1.82) is 0 Å². The van der Waals surface area contributed by atoms with Crippen molar-refractivity contribution >= 4 is 13.6 Å². The number of hydrogen-bond donors (Lipinski definition) is 0. The zero-order valence-electron chi connectivity index (χ0n) is 12.1. The number of carbonyl (C=O) groups excluding carboxylic acids is 1. The van der Waals surface area contributed by atoms with Crippen molar-refractivity contribution in [3.05, 3.63) is 35.9 Å². The largest absolute Gasteiger partial charge is 0.461 e. The van der Waals surface area contributed by atoms with Gasteiger partial charge in [-0.15, -0.1) is 0 Å². The fourth-order valence-corrected chi connectivity index (χ4v) is 2.82. The lowest BCUT2D eigenvalue weighted by molar-refractivity contribution is -0.149. The summed E-state index contributed by atoms with van der Waals surface area (Å²) < 4.78 is 26.7. The highest BCUT2D eigenvalue weighted by Crippen LogP contribution is 2.47. The molecule has 0 N–H and O–H groups in total. The molecule has 1 aromatic carbocycles. The van der Waals surface area contributed by atoms with Crippen LogP contribution in [-0.4, -0.2) is 26.4 Å². The Kier molecular flexibility index (Phi) is 6.93. The summed E-state index contributed by atoms with van der Waals surface area (Å²) in [7, 11) is -0.388. The van der Waals surface area contributed by atoms with Crippen LogP contribution in [0.15, 0.2) is 30.3 Å². The average molecular weight is 300 g/mol. The van der Waals surface area contributed by atoms with E-state index in [0.29, 0.717) is 6.42 Å². The van der Waals surface area contributed by atoms with Gasteiger partial charge in [-0.05, 0) is 12.0 Å². The highest BCUT2D eigenvalue weighted by molar-refractivity contribution is 7.53. The Morgan fingerprint density at radius 2 is 1.80 bits per heavy atom. The summed E-state index contributed by atoms with van der Waals surface area (Å²) in [6.45, 7) is 1.99. The van der Waals surface area contributed by atoms with Crippen LogP contribution in [-0.2, 0) is 29.8 Å². The van der Waals surface area contributed by atoms with E-state index in [0.717, 1.165) is 5.56 Å². The van der Waals surface area contributed by atoms with E-state index in [9.17, 15) is 9.36 Å². The van der Waals surface area contributed by atoms with Gasteiger partial charge in [0.05, 0.1) is 12.1 Å². The third-order valence-electron chi connectivity index (χ3n) is 3.02. The van der Waals surface area contributed by atoms with Crippen molar-refractivity contribution in [2.75, 3.05) is 20.4 Å². The summed E-state index contributed by atoms with van der Waals surface area (Å²) in [4.78, 5) is 11.8. The van der Waals surface area contributed by atoms with Gasteiger partial charge < -0.3 is 13.8 Å². The number of rotatable bonds is 8. The molecule has 0 saturated carbocycles. The van der Waals surface area contributed by atoms with Gasteiger partial charge in [0.1, 0.15) is 6.61 Å². The number of ether oxygens (including phenoxy) is 1. The lowest BCUT2D eigenvalue weighted by atomic mass is 10.1. The third kappa shape index (κ3) is 5.45. The minimum Gasteiger partial charge on any atom is -0.461 e. The molecule has 0 radical (unpaired) electrons. The van der Waals surface area contributed by atoms with Gasteiger partial charge in [0.15, 0.2) is 0 Å². The molecule has 0 aliphatic carbocycles. The molecule has 0 heterocycles. The number of esters is 1. The summed E-state index contributed by atoms with van der Waals surface area (Å²) >= 11 is 0. The summed E-state index contributed by atoms with van der Waals surface area (Å²) in [6, 6.07) is 9.46. The first-order chi connectivity index (χ1) is 9.50. The highest BCUT2D eigenvalue weighted by Gasteiger charge is 2.24. The first-order valence-corrected chi connectivity index (χ1v) is 8.14. The predicted octanol–water partition coefficient (Wildman–Crippen LogP) is 3.24. The zero-order chi connectivity index (χ0) is 15.0. The van der Waals surface area contributed by atoms with Crippen LogP contribution >= 0.6 is 7.60 Å². The molecular weight excluding hydrogens is 279 g/mol. The van der Waals surface area contributed by atoms with Gasteiger partial charge in [0, 0.05) is 14.2 Å². The molecule has 6 heteroatoms. The number of benzene rings is 1. The Labute approximate surface area is 119 Å². The highest BCUT2D eigenvalue weighted by atomic mass is 31.2. The Morgan fingerprint density at radius 3 is 2.35 bits per heavy atom. The first kappa shape index (κ1) is 16.9. The quantitative estimate of drug-likeness (QED) is 0.545. The third-order valence-corrected chi connectivity index (χ3v) is 4.94. The van der Waals surface area contributed by atoms with Crippen LogP contribution in [0, 0.1) is 5.92 Å². The summed E-state index contributed by atoms with van der Waals surface area (Å²) in [6.07, 6.45) is 0.591. The topological polar surface area (TPSA) is 61.8 Å². The van der Waals surface area contributed by atoms with Gasteiger partial charge in [-0.1, -0.05) is 37.3 Å². The smallest absolute Gasteiger partial charge is 0.330 e. The second kappa shape index (κ2) is 8.20. The van der Waals surface area contributed by atoms with Crippen LogP contribution < -0.4 is 0 Å². The molecule has 20 heavy (non-hydrogen) atoms. The van der Waals surface area contributed by atoms with E-state index in [1.54, 1.807) is 6.92 Å². The van der Waals surface area contributed by atoms with Gasteiger partial charge >= 0.3 is 13.6 Å². The molecule has 0 spiro atoms. The van der Waals surface area contributed by atoms with Gasteiger partial charge in [-0.2, -0.15) is 0 Å². The van der Waals surface area contributed by atoms with E-state index in [1.807, 2.05) is 30.3 Å². The van der Waals surface area contributed by atoms with Crippen molar-refractivity contribution in [3.63, 3.8) is 0 Å². The van der Waals surface area contributed by atoms with Crippen LogP contribution in [0.2, 0.25) is 0 Å². The minimum absolute atomic E-state index is 0.196. The van der Waals surface area contributed by atoms with E-state index in [1.165, 1.54) is 14.2 Å². The fraction of sp³-hybridized carbons (Fsp3) is 0.500. The number of hydrogen-bond acceptors (Lipinski definition) is 5.